The summed E-state index contributed by atoms with van der Waals surface area (Å²) in [5.74, 6) is 6.00. The van der Waals surface area contributed by atoms with Crippen LogP contribution in [0.15, 0.2) is 53.7 Å². The molecule has 1 amide bonds. The first-order valence-corrected chi connectivity index (χ1v) is 10.1. The molecular formula is C21H24FN5OS. The van der Waals surface area contributed by atoms with Crippen molar-refractivity contribution in [3.05, 3.63) is 59.9 Å². The lowest BCUT2D eigenvalue weighted by molar-refractivity contribution is -0.115. The Morgan fingerprint density at radius 3 is 2.48 bits per heavy atom. The predicted molar refractivity (Wildman–Crippen MR) is 115 cm³/mol. The van der Waals surface area contributed by atoms with Crippen LogP contribution in [0.25, 0.3) is 11.4 Å². The highest BCUT2D eigenvalue weighted by Crippen LogP contribution is 2.28. The molecule has 0 aliphatic heterocycles. The largest absolute Gasteiger partial charge is 0.335 e. The zero-order valence-corrected chi connectivity index (χ0v) is 17.6. The molecule has 8 heteroatoms. The lowest BCUT2D eigenvalue weighted by Gasteiger charge is -2.19. The van der Waals surface area contributed by atoms with Gasteiger partial charge in [-0.1, -0.05) is 62.9 Å². The second kappa shape index (κ2) is 8.24. The first-order chi connectivity index (χ1) is 13.6. The van der Waals surface area contributed by atoms with E-state index in [1.807, 2.05) is 24.3 Å². The number of halogens is 1. The molecule has 0 aliphatic carbocycles. The number of rotatable bonds is 5. The molecule has 152 valence electrons. The zero-order valence-electron chi connectivity index (χ0n) is 16.8. The van der Waals surface area contributed by atoms with Crippen molar-refractivity contribution in [1.82, 2.24) is 14.9 Å². The molecule has 2 aromatic carbocycles. The minimum Gasteiger partial charge on any atom is -0.335 e. The number of nitrogen functional groups attached to an aromatic ring is 1. The van der Waals surface area contributed by atoms with Gasteiger partial charge < -0.3 is 11.2 Å². The van der Waals surface area contributed by atoms with E-state index >= 15 is 0 Å². The summed E-state index contributed by atoms with van der Waals surface area (Å²) in [5, 5.41) is 10.9. The van der Waals surface area contributed by atoms with Crippen LogP contribution in [-0.2, 0) is 10.2 Å². The summed E-state index contributed by atoms with van der Waals surface area (Å²) in [6.45, 7) is 8.18. The fourth-order valence-electron chi connectivity index (χ4n) is 2.70. The van der Waals surface area contributed by atoms with E-state index < -0.39 is 11.1 Å². The van der Waals surface area contributed by atoms with Crippen molar-refractivity contribution in [3.8, 4) is 11.4 Å². The van der Waals surface area contributed by atoms with Crippen molar-refractivity contribution >= 4 is 23.4 Å². The Balaban J connectivity index is 1.71. The zero-order chi connectivity index (χ0) is 21.2. The van der Waals surface area contributed by atoms with Crippen LogP contribution in [0.3, 0.4) is 0 Å². The molecule has 0 fully saturated rings. The first kappa shape index (κ1) is 20.9. The third kappa shape index (κ3) is 4.95. The van der Waals surface area contributed by atoms with E-state index in [1.54, 1.807) is 13.0 Å². The Bertz CT molecular complexity index is 1010. The van der Waals surface area contributed by atoms with Gasteiger partial charge in [0.25, 0.3) is 0 Å². The fourth-order valence-corrected chi connectivity index (χ4v) is 3.47. The van der Waals surface area contributed by atoms with Crippen molar-refractivity contribution < 1.29 is 9.18 Å². The van der Waals surface area contributed by atoms with Gasteiger partial charge in [0.15, 0.2) is 5.82 Å². The molecule has 0 bridgehead atoms. The van der Waals surface area contributed by atoms with Crippen molar-refractivity contribution in [1.29, 1.82) is 0 Å². The second-order valence-electron chi connectivity index (χ2n) is 7.76. The normalized spacial score (nSPS) is 12.6. The standard InChI is InChI=1S/C21H24FN5OS/c1-13(19(28)24-17-7-5-6-16(22)12-17)29-20-26-25-18(27(20)23)14-8-10-15(11-9-14)21(2,3)4/h5-13H,23H2,1-4H3,(H,24,28)/t13-/m0/s1. The molecule has 6 nitrogen and oxygen atoms in total. The van der Waals surface area contributed by atoms with E-state index in [2.05, 4.69) is 36.3 Å². The van der Waals surface area contributed by atoms with Crippen LogP contribution in [0.1, 0.15) is 33.3 Å². The van der Waals surface area contributed by atoms with E-state index in [4.69, 9.17) is 5.84 Å². The first-order valence-electron chi connectivity index (χ1n) is 9.19. The Morgan fingerprint density at radius 1 is 1.17 bits per heavy atom. The molecule has 1 atom stereocenters. The molecule has 1 heterocycles. The van der Waals surface area contributed by atoms with Gasteiger partial charge in [0, 0.05) is 11.3 Å². The number of amides is 1. The fraction of sp³-hybridized carbons (Fsp3) is 0.286. The molecule has 1 aromatic heterocycles. The minimum atomic E-state index is -0.499. The predicted octanol–water partition coefficient (Wildman–Crippen LogP) is 4.21. The van der Waals surface area contributed by atoms with Crippen LogP contribution in [0.2, 0.25) is 0 Å². The van der Waals surface area contributed by atoms with Crippen molar-refractivity contribution in [2.75, 3.05) is 11.2 Å². The van der Waals surface area contributed by atoms with Crippen LogP contribution in [0.4, 0.5) is 10.1 Å². The van der Waals surface area contributed by atoms with Gasteiger partial charge in [-0.25, -0.2) is 9.07 Å². The number of nitrogens with zero attached hydrogens (tertiary/aromatic N) is 3. The number of carbonyl (C=O) groups excluding carboxylic acids is 1. The molecule has 0 spiro atoms. The average molecular weight is 414 g/mol. The summed E-state index contributed by atoms with van der Waals surface area (Å²) in [5.41, 5.74) is 2.51. The number of anilines is 1. The highest BCUT2D eigenvalue weighted by Gasteiger charge is 2.21. The average Bonchev–Trinajstić information content (AvgIpc) is 3.01. The molecule has 0 radical (unpaired) electrons. The Labute approximate surface area is 173 Å². The molecule has 0 unspecified atom stereocenters. The maximum atomic E-state index is 13.3. The number of nitrogens with one attached hydrogen (secondary N) is 1. The monoisotopic (exact) mass is 413 g/mol. The quantitative estimate of drug-likeness (QED) is 0.483. The molecule has 3 aromatic rings. The van der Waals surface area contributed by atoms with Crippen LogP contribution >= 0.6 is 11.8 Å². The molecular weight excluding hydrogens is 389 g/mol. The van der Waals surface area contributed by atoms with E-state index in [0.717, 1.165) is 5.56 Å². The summed E-state index contributed by atoms with van der Waals surface area (Å²) in [6, 6.07) is 13.8. The molecule has 3 rings (SSSR count). The molecule has 0 aliphatic rings. The number of nitrogens with two attached hydrogens (primary N) is 1. The van der Waals surface area contributed by atoms with Gasteiger partial charge in [0.05, 0.1) is 5.25 Å². The number of hydrogen-bond acceptors (Lipinski definition) is 5. The number of thioether (sulfide) groups is 1. The highest BCUT2D eigenvalue weighted by atomic mass is 32.2. The summed E-state index contributed by atoms with van der Waals surface area (Å²) >= 11 is 1.18. The van der Waals surface area contributed by atoms with Crippen LogP contribution in [0.5, 0.6) is 0 Å². The van der Waals surface area contributed by atoms with Crippen molar-refractivity contribution in [3.63, 3.8) is 0 Å². The van der Waals surface area contributed by atoms with Gasteiger partial charge in [-0.3, -0.25) is 4.79 Å². The summed E-state index contributed by atoms with van der Waals surface area (Å²) in [6.07, 6.45) is 0. The molecule has 29 heavy (non-hydrogen) atoms. The van der Waals surface area contributed by atoms with E-state index in [-0.39, 0.29) is 11.3 Å². The Kier molecular flexibility index (Phi) is 5.93. The molecule has 0 saturated carbocycles. The third-order valence-corrected chi connectivity index (χ3v) is 5.47. The van der Waals surface area contributed by atoms with Gasteiger partial charge in [0.2, 0.25) is 11.1 Å². The smallest absolute Gasteiger partial charge is 0.237 e. The minimum absolute atomic E-state index is 0.0559. The Morgan fingerprint density at radius 2 is 1.86 bits per heavy atom. The van der Waals surface area contributed by atoms with Gasteiger partial charge in [-0.05, 0) is 36.1 Å². The number of aromatic nitrogens is 3. The second-order valence-corrected chi connectivity index (χ2v) is 9.07. The van der Waals surface area contributed by atoms with E-state index in [1.165, 1.54) is 40.2 Å². The SMILES string of the molecule is C[C@H](Sc1nnc(-c2ccc(C(C)(C)C)cc2)n1N)C(=O)Nc1cccc(F)c1. The number of hydrogen-bond donors (Lipinski definition) is 2. The van der Waals surface area contributed by atoms with E-state index in [0.29, 0.717) is 16.7 Å². The van der Waals surface area contributed by atoms with Gasteiger partial charge in [0.1, 0.15) is 5.82 Å². The third-order valence-electron chi connectivity index (χ3n) is 4.42. The van der Waals surface area contributed by atoms with Gasteiger partial charge in [-0.15, -0.1) is 10.2 Å². The Hall–Kier alpha value is -2.87. The highest BCUT2D eigenvalue weighted by molar-refractivity contribution is 8.00. The summed E-state index contributed by atoms with van der Waals surface area (Å²) < 4.78 is 14.7. The van der Waals surface area contributed by atoms with Crippen LogP contribution in [0, 0.1) is 5.82 Å². The van der Waals surface area contributed by atoms with Crippen molar-refractivity contribution in [2.45, 2.75) is 43.5 Å². The van der Waals surface area contributed by atoms with Gasteiger partial charge in [-0.2, -0.15) is 0 Å². The van der Waals surface area contributed by atoms with Crippen LogP contribution in [-0.4, -0.2) is 26.0 Å². The number of carbonyl (C=O) groups is 1. The van der Waals surface area contributed by atoms with Crippen LogP contribution < -0.4 is 11.2 Å². The van der Waals surface area contributed by atoms with Crippen molar-refractivity contribution in [2.24, 2.45) is 0 Å². The maximum Gasteiger partial charge on any atom is 0.237 e. The lowest BCUT2D eigenvalue weighted by Crippen LogP contribution is -2.23. The van der Waals surface area contributed by atoms with E-state index in [9.17, 15) is 9.18 Å². The molecule has 3 N–H and O–H groups in total. The maximum absolute atomic E-state index is 13.3. The topological polar surface area (TPSA) is 85.8 Å². The lowest BCUT2D eigenvalue weighted by atomic mass is 9.87. The molecule has 0 saturated heterocycles. The van der Waals surface area contributed by atoms with Gasteiger partial charge >= 0.3 is 0 Å². The summed E-state index contributed by atoms with van der Waals surface area (Å²) in [7, 11) is 0. The number of benzene rings is 2. The summed E-state index contributed by atoms with van der Waals surface area (Å²) in [4.78, 5) is 12.4.